The van der Waals surface area contributed by atoms with Gasteiger partial charge in [0.05, 0.1) is 0 Å². The van der Waals surface area contributed by atoms with Gasteiger partial charge >= 0.3 is 0 Å². The lowest BCUT2D eigenvalue weighted by Crippen LogP contribution is -2.03. The molecule has 2 rings (SSSR count). The highest BCUT2D eigenvalue weighted by atomic mass is 15.4. The van der Waals surface area contributed by atoms with Crippen molar-refractivity contribution in [3.05, 3.63) is 35.9 Å². The molecule has 1 aromatic rings. The number of nitrogens with zero attached hydrogens (tertiary/aromatic N) is 3. The first-order chi connectivity index (χ1) is 5.37. The predicted octanol–water partition coefficient (Wildman–Crippen LogP) is 1.83. The van der Waals surface area contributed by atoms with Gasteiger partial charge in [0.15, 0.2) is 0 Å². The van der Waals surface area contributed by atoms with E-state index in [0.717, 1.165) is 5.56 Å². The van der Waals surface area contributed by atoms with Crippen molar-refractivity contribution in [3.63, 3.8) is 0 Å². The summed E-state index contributed by atoms with van der Waals surface area (Å²) in [5.41, 5.74) is -0.0103. The molecule has 0 saturated carbocycles. The lowest BCUT2D eigenvalue weighted by atomic mass is 10.1. The van der Waals surface area contributed by atoms with E-state index in [1.807, 2.05) is 36.4 Å². The quantitative estimate of drug-likeness (QED) is 0.591. The molecule has 52 valence electrons. The van der Waals surface area contributed by atoms with Gasteiger partial charge in [0.25, 0.3) is 5.66 Å². The second kappa shape index (κ2) is 1.89. The van der Waals surface area contributed by atoms with Crippen molar-refractivity contribution >= 4 is 0 Å². The van der Waals surface area contributed by atoms with E-state index in [1.54, 1.807) is 0 Å². The molecule has 1 aliphatic heterocycles. The summed E-state index contributed by atoms with van der Waals surface area (Å²) in [6.45, 7) is 0. The van der Waals surface area contributed by atoms with Gasteiger partial charge in [0.2, 0.25) is 0 Å². The van der Waals surface area contributed by atoms with Gasteiger partial charge < -0.3 is 0 Å². The third-order valence-electron chi connectivity index (χ3n) is 1.63. The molecule has 0 radical (unpaired) electrons. The third kappa shape index (κ3) is 0.802. The second-order valence-electron chi connectivity index (χ2n) is 2.35. The number of hydrogen-bond donors (Lipinski definition) is 0. The van der Waals surface area contributed by atoms with Crippen molar-refractivity contribution in [3.8, 4) is 6.07 Å². The zero-order valence-corrected chi connectivity index (χ0v) is 5.73. The van der Waals surface area contributed by atoms with Crippen LogP contribution in [0.25, 0.3) is 0 Å². The van der Waals surface area contributed by atoms with Gasteiger partial charge in [0, 0.05) is 5.56 Å². The molecule has 0 aliphatic carbocycles. The summed E-state index contributed by atoms with van der Waals surface area (Å²) in [5.74, 6) is 0. The first kappa shape index (κ1) is 6.05. The minimum absolute atomic E-state index is 0.850. The Labute approximate surface area is 64.0 Å². The van der Waals surface area contributed by atoms with Crippen LogP contribution < -0.4 is 0 Å². The molecule has 0 amide bonds. The number of rotatable bonds is 1. The average Bonchev–Trinajstić information content (AvgIpc) is 2.86. The molecule has 0 bridgehead atoms. The van der Waals surface area contributed by atoms with Crippen LogP contribution in [0.2, 0.25) is 0 Å². The summed E-state index contributed by atoms with van der Waals surface area (Å²) >= 11 is 0. The van der Waals surface area contributed by atoms with Crippen LogP contribution in [0.15, 0.2) is 40.6 Å². The zero-order valence-electron chi connectivity index (χ0n) is 5.73. The summed E-state index contributed by atoms with van der Waals surface area (Å²) in [5, 5.41) is 16.0. The lowest BCUT2D eigenvalue weighted by molar-refractivity contribution is 0.843. The Kier molecular flexibility index (Phi) is 1.04. The van der Waals surface area contributed by atoms with E-state index in [0.29, 0.717) is 0 Å². The first-order valence-corrected chi connectivity index (χ1v) is 3.28. The molecule has 1 heterocycles. The smallest absolute Gasteiger partial charge is 0.193 e. The first-order valence-electron chi connectivity index (χ1n) is 3.28. The molecule has 0 atom stereocenters. The summed E-state index contributed by atoms with van der Waals surface area (Å²) in [4.78, 5) is 0. The van der Waals surface area contributed by atoms with Gasteiger partial charge in [-0.2, -0.15) is 5.26 Å². The van der Waals surface area contributed by atoms with E-state index in [1.165, 1.54) is 0 Å². The van der Waals surface area contributed by atoms with Crippen molar-refractivity contribution in [1.82, 2.24) is 0 Å². The Morgan fingerprint density at radius 1 is 1.18 bits per heavy atom. The predicted molar refractivity (Wildman–Crippen MR) is 38.6 cm³/mol. The van der Waals surface area contributed by atoms with Crippen LogP contribution in [0.5, 0.6) is 0 Å². The molecule has 0 fully saturated rings. The molecule has 0 N–H and O–H groups in total. The Hall–Kier alpha value is -1.69. The van der Waals surface area contributed by atoms with Gasteiger partial charge in [0.1, 0.15) is 6.07 Å². The van der Waals surface area contributed by atoms with Gasteiger partial charge in [-0.15, -0.1) is 10.2 Å². The van der Waals surface area contributed by atoms with E-state index in [2.05, 4.69) is 10.2 Å². The highest BCUT2D eigenvalue weighted by Gasteiger charge is 2.42. The second-order valence-corrected chi connectivity index (χ2v) is 2.35. The molecule has 0 unspecified atom stereocenters. The Bertz CT molecular complexity index is 328. The minimum atomic E-state index is -0.860. The standard InChI is InChI=1S/C8H5N3/c9-6-8(10-11-8)7-4-2-1-3-5-7/h1-5H. The summed E-state index contributed by atoms with van der Waals surface area (Å²) in [6.07, 6.45) is 0. The molecular formula is C8H5N3. The molecule has 0 aromatic heterocycles. The minimum Gasteiger partial charge on any atom is -0.193 e. The monoisotopic (exact) mass is 143 g/mol. The largest absolute Gasteiger partial charge is 0.300 e. The summed E-state index contributed by atoms with van der Waals surface area (Å²) < 4.78 is 0. The van der Waals surface area contributed by atoms with E-state index in [9.17, 15) is 0 Å². The number of nitriles is 1. The Morgan fingerprint density at radius 3 is 2.27 bits per heavy atom. The molecule has 11 heavy (non-hydrogen) atoms. The van der Waals surface area contributed by atoms with E-state index >= 15 is 0 Å². The fraction of sp³-hybridized carbons (Fsp3) is 0.125. The van der Waals surface area contributed by atoms with Crippen LogP contribution >= 0.6 is 0 Å². The van der Waals surface area contributed by atoms with Gasteiger partial charge in [-0.25, -0.2) is 0 Å². The molecular weight excluding hydrogens is 138 g/mol. The maximum absolute atomic E-state index is 8.67. The van der Waals surface area contributed by atoms with E-state index in [-0.39, 0.29) is 0 Å². The van der Waals surface area contributed by atoms with Crippen LogP contribution in [0.1, 0.15) is 5.56 Å². The van der Waals surface area contributed by atoms with Gasteiger partial charge in [-0.3, -0.25) is 0 Å². The van der Waals surface area contributed by atoms with Crippen LogP contribution in [-0.4, -0.2) is 0 Å². The summed E-state index contributed by atoms with van der Waals surface area (Å²) in [7, 11) is 0. The fourth-order valence-electron chi connectivity index (χ4n) is 0.945. The molecule has 3 heteroatoms. The highest BCUT2D eigenvalue weighted by Crippen LogP contribution is 2.38. The number of hydrogen-bond acceptors (Lipinski definition) is 3. The van der Waals surface area contributed by atoms with Crippen molar-refractivity contribution in [2.24, 2.45) is 10.2 Å². The van der Waals surface area contributed by atoms with Crippen LogP contribution in [-0.2, 0) is 5.66 Å². The normalized spacial score (nSPS) is 17.4. The Morgan fingerprint density at radius 2 is 1.82 bits per heavy atom. The van der Waals surface area contributed by atoms with Crippen molar-refractivity contribution < 1.29 is 0 Å². The highest BCUT2D eigenvalue weighted by molar-refractivity contribution is 5.33. The number of benzene rings is 1. The van der Waals surface area contributed by atoms with Crippen molar-refractivity contribution in [2.45, 2.75) is 5.66 Å². The van der Waals surface area contributed by atoms with Crippen molar-refractivity contribution in [1.29, 1.82) is 5.26 Å². The zero-order chi connectivity index (χ0) is 7.73. The Balaban J connectivity index is 2.40. The van der Waals surface area contributed by atoms with E-state index in [4.69, 9.17) is 5.26 Å². The maximum atomic E-state index is 8.67. The SMILES string of the molecule is N#CC1(c2ccccc2)N=N1. The van der Waals surface area contributed by atoms with Crippen molar-refractivity contribution in [2.75, 3.05) is 0 Å². The van der Waals surface area contributed by atoms with Crippen LogP contribution in [0.3, 0.4) is 0 Å². The van der Waals surface area contributed by atoms with Crippen LogP contribution in [0, 0.1) is 11.3 Å². The molecule has 0 saturated heterocycles. The topological polar surface area (TPSA) is 48.5 Å². The summed E-state index contributed by atoms with van der Waals surface area (Å²) in [6, 6.07) is 11.4. The lowest BCUT2D eigenvalue weighted by Gasteiger charge is -1.98. The van der Waals surface area contributed by atoms with Crippen LogP contribution in [0.4, 0.5) is 0 Å². The van der Waals surface area contributed by atoms with Gasteiger partial charge in [-0.1, -0.05) is 30.3 Å². The average molecular weight is 143 g/mol. The maximum Gasteiger partial charge on any atom is 0.300 e. The molecule has 3 nitrogen and oxygen atoms in total. The fourth-order valence-corrected chi connectivity index (χ4v) is 0.945. The molecule has 1 aromatic carbocycles. The molecule has 0 spiro atoms. The molecule has 1 aliphatic rings. The van der Waals surface area contributed by atoms with E-state index < -0.39 is 5.66 Å². The van der Waals surface area contributed by atoms with Gasteiger partial charge in [-0.05, 0) is 0 Å². The third-order valence-corrected chi connectivity index (χ3v) is 1.63.